The summed E-state index contributed by atoms with van der Waals surface area (Å²) in [5.74, 6) is 1.54. The van der Waals surface area contributed by atoms with Crippen LogP contribution in [0.15, 0.2) is 42.5 Å². The summed E-state index contributed by atoms with van der Waals surface area (Å²) >= 11 is 5.84. The first-order valence-corrected chi connectivity index (χ1v) is 13.8. The van der Waals surface area contributed by atoms with Gasteiger partial charge in [0.05, 0.1) is 6.54 Å². The van der Waals surface area contributed by atoms with Crippen LogP contribution in [0.1, 0.15) is 67.9 Å². The molecule has 0 amide bonds. The van der Waals surface area contributed by atoms with E-state index >= 15 is 0 Å². The lowest BCUT2D eigenvalue weighted by atomic mass is 9.85. The molecule has 5 rings (SSSR count). The van der Waals surface area contributed by atoms with Crippen molar-refractivity contribution in [2.75, 3.05) is 13.1 Å². The zero-order valence-corrected chi connectivity index (χ0v) is 22.8. The largest absolute Gasteiger partial charge is 0.478 e. The fourth-order valence-electron chi connectivity index (χ4n) is 5.24. The molecule has 0 bridgehead atoms. The molecule has 0 spiro atoms. The maximum Gasteiger partial charge on any atom is 0.328 e. The first-order chi connectivity index (χ1) is 18.9. The predicted octanol–water partition coefficient (Wildman–Crippen LogP) is 5.71. The van der Waals surface area contributed by atoms with E-state index in [1.165, 1.54) is 31.4 Å². The second-order valence-corrected chi connectivity index (χ2v) is 10.9. The highest BCUT2D eigenvalue weighted by atomic mass is 35.5. The van der Waals surface area contributed by atoms with Crippen LogP contribution in [0.2, 0.25) is 5.02 Å². The Morgan fingerprint density at radius 2 is 1.97 bits per heavy atom. The molecule has 2 aromatic heterocycles. The summed E-state index contributed by atoms with van der Waals surface area (Å²) < 4.78 is 22.0. The van der Waals surface area contributed by atoms with E-state index in [1.807, 2.05) is 12.1 Å². The Hall–Kier alpha value is -3.30. The van der Waals surface area contributed by atoms with Crippen molar-refractivity contribution >= 4 is 23.1 Å². The second kappa shape index (κ2) is 12.3. The minimum absolute atomic E-state index is 0.0859. The predicted molar refractivity (Wildman–Crippen MR) is 146 cm³/mol. The van der Waals surface area contributed by atoms with E-state index in [4.69, 9.17) is 21.3 Å². The molecular weight excluding hydrogens is 521 g/mol. The van der Waals surface area contributed by atoms with Gasteiger partial charge in [0.1, 0.15) is 18.2 Å². The van der Waals surface area contributed by atoms with Gasteiger partial charge in [-0.05, 0) is 69.8 Å². The highest BCUT2D eigenvalue weighted by molar-refractivity contribution is 6.30. The summed E-state index contributed by atoms with van der Waals surface area (Å²) in [6, 6.07) is 10.3. The average Bonchev–Trinajstić information content (AvgIpc) is 3.28. The number of hydrogen-bond acceptors (Lipinski definition) is 6. The van der Waals surface area contributed by atoms with Crippen LogP contribution in [0.25, 0.3) is 5.57 Å². The molecule has 3 heterocycles. The molecule has 2 aliphatic rings. The van der Waals surface area contributed by atoms with Gasteiger partial charge < -0.3 is 14.4 Å². The number of piperidine rings is 1. The number of aliphatic carboxylic acids is 1. The number of nitrogens with zero attached hydrogens (tertiary/aromatic N) is 5. The summed E-state index contributed by atoms with van der Waals surface area (Å²) in [6.07, 6.45) is 6.72. The molecule has 10 heteroatoms. The van der Waals surface area contributed by atoms with Gasteiger partial charge in [-0.15, -0.1) is 10.2 Å². The number of benzene rings is 1. The molecule has 0 unspecified atom stereocenters. The van der Waals surface area contributed by atoms with E-state index in [9.17, 15) is 14.3 Å². The Balaban J connectivity index is 1.20. The molecule has 2 fully saturated rings. The van der Waals surface area contributed by atoms with Crippen LogP contribution in [-0.2, 0) is 24.5 Å². The van der Waals surface area contributed by atoms with Gasteiger partial charge >= 0.3 is 5.97 Å². The van der Waals surface area contributed by atoms with Crippen LogP contribution in [0.4, 0.5) is 4.39 Å². The standard InChI is InChI=1S/C29H33ClFN5O3/c1-19(14-28(37)38)29-34-33-26(36(29)16-20-4-2-5-20)17-35-12-10-21(11-13-35)25-6-3-7-27(32-25)39-18-22-8-9-23(30)15-24(22)31/h3,6-9,14-15,20-21H,2,4-5,10-13,16-18H2,1H3,(H,37,38)/b19-14+. The molecule has 8 nitrogen and oxygen atoms in total. The minimum atomic E-state index is -0.977. The normalized spacial score (nSPS) is 17.3. The lowest BCUT2D eigenvalue weighted by molar-refractivity contribution is -0.131. The van der Waals surface area contributed by atoms with Crippen LogP contribution in [0.5, 0.6) is 5.88 Å². The highest BCUT2D eigenvalue weighted by Gasteiger charge is 2.26. The third-order valence-corrected chi connectivity index (χ3v) is 7.93. The van der Waals surface area contributed by atoms with Crippen molar-refractivity contribution < 1.29 is 19.0 Å². The van der Waals surface area contributed by atoms with E-state index in [0.717, 1.165) is 44.0 Å². The number of rotatable bonds is 10. The molecule has 0 atom stereocenters. The van der Waals surface area contributed by atoms with Gasteiger partial charge in [0.2, 0.25) is 5.88 Å². The van der Waals surface area contributed by atoms with Gasteiger partial charge in [0, 0.05) is 46.5 Å². The topological polar surface area (TPSA) is 93.4 Å². The van der Waals surface area contributed by atoms with Crippen LogP contribution in [0, 0.1) is 11.7 Å². The van der Waals surface area contributed by atoms with Gasteiger partial charge in [-0.25, -0.2) is 14.2 Å². The number of likely N-dealkylation sites (tertiary alicyclic amines) is 1. The zero-order chi connectivity index (χ0) is 27.4. The van der Waals surface area contributed by atoms with E-state index < -0.39 is 11.8 Å². The number of ether oxygens (including phenoxy) is 1. The Labute approximate surface area is 232 Å². The van der Waals surface area contributed by atoms with Gasteiger partial charge in [-0.2, -0.15) is 0 Å². The van der Waals surface area contributed by atoms with Gasteiger partial charge in [-0.1, -0.05) is 30.2 Å². The maximum atomic E-state index is 14.1. The third kappa shape index (κ3) is 6.83. The number of allylic oxidation sites excluding steroid dienone is 1. The molecule has 1 saturated heterocycles. The SMILES string of the molecule is C/C(=C\C(=O)O)c1nnc(CN2CCC(c3cccc(OCc4ccc(Cl)cc4F)n3)CC2)n1CC1CCC1. The fourth-order valence-corrected chi connectivity index (χ4v) is 5.39. The Kier molecular flexibility index (Phi) is 8.57. The van der Waals surface area contributed by atoms with Crippen molar-refractivity contribution in [2.45, 2.75) is 64.6 Å². The molecule has 206 valence electrons. The average molecular weight is 554 g/mol. The first kappa shape index (κ1) is 27.3. The monoisotopic (exact) mass is 553 g/mol. The fraction of sp³-hybridized carbons (Fsp3) is 0.448. The quantitative estimate of drug-likeness (QED) is 0.321. The summed E-state index contributed by atoms with van der Waals surface area (Å²) in [7, 11) is 0. The molecule has 39 heavy (non-hydrogen) atoms. The van der Waals surface area contributed by atoms with Crippen molar-refractivity contribution in [2.24, 2.45) is 5.92 Å². The highest BCUT2D eigenvalue weighted by Crippen LogP contribution is 2.31. The Bertz CT molecular complexity index is 1350. The molecule has 1 aliphatic carbocycles. The molecule has 1 saturated carbocycles. The number of hydrogen-bond donors (Lipinski definition) is 1. The van der Waals surface area contributed by atoms with Crippen LogP contribution >= 0.6 is 11.6 Å². The Morgan fingerprint density at radius 1 is 1.18 bits per heavy atom. The van der Waals surface area contributed by atoms with E-state index in [0.29, 0.717) is 46.2 Å². The third-order valence-electron chi connectivity index (χ3n) is 7.69. The van der Waals surface area contributed by atoms with E-state index in [1.54, 1.807) is 25.1 Å². The molecule has 1 aromatic carbocycles. The van der Waals surface area contributed by atoms with E-state index in [-0.39, 0.29) is 6.61 Å². The smallest absolute Gasteiger partial charge is 0.328 e. The van der Waals surface area contributed by atoms with Crippen LogP contribution < -0.4 is 4.74 Å². The van der Waals surface area contributed by atoms with Gasteiger partial charge in [0.25, 0.3) is 0 Å². The van der Waals surface area contributed by atoms with Gasteiger partial charge in [-0.3, -0.25) is 4.90 Å². The van der Waals surface area contributed by atoms with Crippen molar-refractivity contribution in [3.8, 4) is 5.88 Å². The lowest BCUT2D eigenvalue weighted by Gasteiger charge is -2.32. The van der Waals surface area contributed by atoms with Crippen LogP contribution in [0.3, 0.4) is 0 Å². The van der Waals surface area contributed by atoms with Crippen molar-refractivity contribution in [1.82, 2.24) is 24.6 Å². The number of carbonyl (C=O) groups is 1. The lowest BCUT2D eigenvalue weighted by Crippen LogP contribution is -2.34. The summed E-state index contributed by atoms with van der Waals surface area (Å²) in [5, 5.41) is 18.4. The van der Waals surface area contributed by atoms with E-state index in [2.05, 4.69) is 19.7 Å². The maximum absolute atomic E-state index is 14.1. The second-order valence-electron chi connectivity index (χ2n) is 10.5. The first-order valence-electron chi connectivity index (χ1n) is 13.5. The number of pyridine rings is 1. The zero-order valence-electron chi connectivity index (χ0n) is 22.0. The van der Waals surface area contributed by atoms with Crippen molar-refractivity contribution in [3.63, 3.8) is 0 Å². The molecular formula is C29H33ClFN5O3. The molecule has 1 N–H and O–H groups in total. The van der Waals surface area contributed by atoms with Gasteiger partial charge in [0.15, 0.2) is 5.82 Å². The van der Waals surface area contributed by atoms with Crippen molar-refractivity contribution in [1.29, 1.82) is 0 Å². The number of carboxylic acid groups (broad SMARTS) is 1. The molecule has 0 radical (unpaired) electrons. The summed E-state index contributed by atoms with van der Waals surface area (Å²) in [6.45, 7) is 5.15. The van der Waals surface area contributed by atoms with Crippen LogP contribution in [-0.4, -0.2) is 48.8 Å². The van der Waals surface area contributed by atoms with Crippen molar-refractivity contribution in [3.05, 3.63) is 76.2 Å². The number of aromatic nitrogens is 4. The summed E-state index contributed by atoms with van der Waals surface area (Å²) in [4.78, 5) is 18.3. The number of halogens is 2. The Morgan fingerprint density at radius 3 is 2.67 bits per heavy atom. The molecule has 3 aromatic rings. The molecule has 1 aliphatic heterocycles. The number of carboxylic acids is 1. The summed E-state index contributed by atoms with van der Waals surface area (Å²) in [5.41, 5.74) is 2.03. The minimum Gasteiger partial charge on any atom is -0.478 e.